The van der Waals surface area contributed by atoms with Gasteiger partial charge in [0.05, 0.1) is 4.90 Å². The van der Waals surface area contributed by atoms with E-state index in [4.69, 9.17) is 0 Å². The molecule has 4 heteroatoms. The fourth-order valence-corrected chi connectivity index (χ4v) is 5.32. The molecule has 0 spiro atoms. The first-order chi connectivity index (χ1) is 9.46. The van der Waals surface area contributed by atoms with Crippen molar-refractivity contribution in [1.82, 2.24) is 4.31 Å². The molecule has 0 amide bonds. The molecule has 2 fully saturated rings. The fraction of sp³-hybridized carbons (Fsp3) is 0.625. The minimum absolute atomic E-state index is 0.250. The summed E-state index contributed by atoms with van der Waals surface area (Å²) in [5, 5.41) is 0. The quantitative estimate of drug-likeness (QED) is 0.855. The van der Waals surface area contributed by atoms with Crippen LogP contribution >= 0.6 is 0 Å². The van der Waals surface area contributed by atoms with E-state index in [2.05, 4.69) is 13.8 Å². The second kappa shape index (κ2) is 5.15. The molecule has 110 valence electrons. The maximum absolute atomic E-state index is 12.7. The van der Waals surface area contributed by atoms with Crippen LogP contribution in [-0.2, 0) is 16.4 Å². The maximum Gasteiger partial charge on any atom is 0.243 e. The Morgan fingerprint density at radius 1 is 1.20 bits per heavy atom. The van der Waals surface area contributed by atoms with Gasteiger partial charge in [0.2, 0.25) is 10.0 Å². The Balaban J connectivity index is 1.81. The Morgan fingerprint density at radius 3 is 2.40 bits per heavy atom. The van der Waals surface area contributed by atoms with Crippen LogP contribution in [0.1, 0.15) is 38.7 Å². The van der Waals surface area contributed by atoms with E-state index in [9.17, 15) is 8.42 Å². The number of piperidine rings is 1. The molecule has 2 aliphatic rings. The van der Waals surface area contributed by atoms with Gasteiger partial charge in [0.1, 0.15) is 0 Å². The third-order valence-corrected chi connectivity index (χ3v) is 6.47. The topological polar surface area (TPSA) is 37.4 Å². The van der Waals surface area contributed by atoms with Crippen LogP contribution in [0.5, 0.6) is 0 Å². The lowest BCUT2D eigenvalue weighted by Gasteiger charge is -2.26. The Labute approximate surface area is 122 Å². The summed E-state index contributed by atoms with van der Waals surface area (Å²) >= 11 is 0. The lowest BCUT2D eigenvalue weighted by molar-refractivity contribution is 0.333. The van der Waals surface area contributed by atoms with Crippen LogP contribution in [0.2, 0.25) is 0 Å². The zero-order valence-electron chi connectivity index (χ0n) is 12.2. The fourth-order valence-electron chi connectivity index (χ4n) is 3.58. The number of sulfonamides is 1. The summed E-state index contributed by atoms with van der Waals surface area (Å²) in [6, 6.07) is 7.72. The van der Waals surface area contributed by atoms with Crippen LogP contribution in [0.4, 0.5) is 0 Å². The average Bonchev–Trinajstić information content (AvgIpc) is 3.01. The Kier molecular flexibility index (Phi) is 3.63. The molecule has 1 aromatic rings. The standard InChI is InChI=1S/C16H23NO2S/c1-12(2)9-13-4-7-16(8-5-13)20(18,19)17-11-14-3-6-15(17)10-14/h4-5,7-8,12,14-15H,3,6,9-11H2,1-2H3. The van der Waals surface area contributed by atoms with Crippen LogP contribution in [0.25, 0.3) is 0 Å². The summed E-state index contributed by atoms with van der Waals surface area (Å²) in [5.41, 5.74) is 1.21. The number of fused-ring (bicyclic) bond motifs is 2. The summed E-state index contributed by atoms with van der Waals surface area (Å²) in [5.74, 6) is 1.18. The minimum Gasteiger partial charge on any atom is -0.207 e. The molecule has 1 aliphatic heterocycles. The van der Waals surface area contributed by atoms with Gasteiger partial charge in [0.25, 0.3) is 0 Å². The van der Waals surface area contributed by atoms with Gasteiger partial charge in [0, 0.05) is 12.6 Å². The van der Waals surface area contributed by atoms with Gasteiger partial charge in [-0.1, -0.05) is 26.0 Å². The summed E-state index contributed by atoms with van der Waals surface area (Å²) in [6.45, 7) is 5.07. The molecule has 1 saturated heterocycles. The first-order valence-electron chi connectivity index (χ1n) is 7.57. The lowest BCUT2D eigenvalue weighted by atomic mass is 10.0. The van der Waals surface area contributed by atoms with E-state index in [1.54, 1.807) is 16.4 Å². The highest BCUT2D eigenvalue weighted by molar-refractivity contribution is 7.89. The van der Waals surface area contributed by atoms with Crippen LogP contribution < -0.4 is 0 Å². The molecule has 2 atom stereocenters. The van der Waals surface area contributed by atoms with Crippen LogP contribution in [0.3, 0.4) is 0 Å². The molecule has 0 aromatic heterocycles. The van der Waals surface area contributed by atoms with Gasteiger partial charge in [-0.3, -0.25) is 0 Å². The van der Waals surface area contributed by atoms with Crippen molar-refractivity contribution in [3.05, 3.63) is 29.8 Å². The predicted molar refractivity (Wildman–Crippen MR) is 80.0 cm³/mol. The largest absolute Gasteiger partial charge is 0.243 e. The van der Waals surface area contributed by atoms with E-state index in [1.807, 2.05) is 12.1 Å². The maximum atomic E-state index is 12.7. The smallest absolute Gasteiger partial charge is 0.207 e. The molecule has 1 aromatic carbocycles. The van der Waals surface area contributed by atoms with Gasteiger partial charge in [-0.15, -0.1) is 0 Å². The highest BCUT2D eigenvalue weighted by atomic mass is 32.2. The van der Waals surface area contributed by atoms with Crippen LogP contribution in [0.15, 0.2) is 29.2 Å². The Bertz CT molecular complexity index is 577. The first kappa shape index (κ1) is 14.1. The zero-order valence-corrected chi connectivity index (χ0v) is 13.1. The highest BCUT2D eigenvalue weighted by Gasteiger charge is 2.44. The van der Waals surface area contributed by atoms with Gasteiger partial charge in [-0.25, -0.2) is 8.42 Å². The third-order valence-electron chi connectivity index (χ3n) is 4.53. The van der Waals surface area contributed by atoms with Crippen LogP contribution in [-0.4, -0.2) is 25.3 Å². The van der Waals surface area contributed by atoms with Crippen molar-refractivity contribution in [2.45, 2.75) is 50.5 Å². The van der Waals surface area contributed by atoms with Crippen molar-refractivity contribution in [1.29, 1.82) is 0 Å². The number of rotatable bonds is 4. The van der Waals surface area contributed by atoms with Gasteiger partial charge in [-0.05, 0) is 55.2 Å². The number of benzene rings is 1. The second-order valence-electron chi connectivity index (χ2n) is 6.65. The van der Waals surface area contributed by atoms with Crippen molar-refractivity contribution < 1.29 is 8.42 Å². The van der Waals surface area contributed by atoms with Crippen molar-refractivity contribution in [3.8, 4) is 0 Å². The first-order valence-corrected chi connectivity index (χ1v) is 9.01. The lowest BCUT2D eigenvalue weighted by Crippen LogP contribution is -2.37. The van der Waals surface area contributed by atoms with E-state index in [0.29, 0.717) is 16.7 Å². The molecule has 2 unspecified atom stereocenters. The minimum atomic E-state index is -3.28. The highest BCUT2D eigenvalue weighted by Crippen LogP contribution is 2.40. The normalized spacial score (nSPS) is 26.6. The van der Waals surface area contributed by atoms with Crippen molar-refractivity contribution in [2.24, 2.45) is 11.8 Å². The third kappa shape index (κ3) is 2.51. The molecule has 0 N–H and O–H groups in total. The van der Waals surface area contributed by atoms with Gasteiger partial charge in [0.15, 0.2) is 0 Å². The number of hydrogen-bond donors (Lipinski definition) is 0. The Hall–Kier alpha value is -0.870. The summed E-state index contributed by atoms with van der Waals surface area (Å²) in [7, 11) is -3.28. The van der Waals surface area contributed by atoms with E-state index in [-0.39, 0.29) is 6.04 Å². The van der Waals surface area contributed by atoms with Crippen LogP contribution in [0, 0.1) is 11.8 Å². The molecule has 1 heterocycles. The predicted octanol–water partition coefficient (Wildman–Crippen LogP) is 3.06. The number of nitrogens with zero attached hydrogens (tertiary/aromatic N) is 1. The molecule has 3 rings (SSSR count). The summed E-state index contributed by atoms with van der Waals surface area (Å²) < 4.78 is 27.1. The molecule has 2 bridgehead atoms. The molecular formula is C16H23NO2S. The summed E-state index contributed by atoms with van der Waals surface area (Å²) in [4.78, 5) is 0.456. The SMILES string of the molecule is CC(C)Cc1ccc(S(=O)(=O)N2CC3CCC2C3)cc1. The zero-order chi connectivity index (χ0) is 14.3. The molecular weight excluding hydrogens is 270 g/mol. The van der Waals surface area contributed by atoms with Crippen molar-refractivity contribution >= 4 is 10.0 Å². The van der Waals surface area contributed by atoms with E-state index < -0.39 is 10.0 Å². The number of hydrogen-bond acceptors (Lipinski definition) is 2. The van der Waals surface area contributed by atoms with Gasteiger partial charge in [-0.2, -0.15) is 4.31 Å². The molecule has 20 heavy (non-hydrogen) atoms. The Morgan fingerprint density at radius 2 is 1.90 bits per heavy atom. The van der Waals surface area contributed by atoms with Crippen molar-refractivity contribution in [3.63, 3.8) is 0 Å². The van der Waals surface area contributed by atoms with E-state index >= 15 is 0 Å². The van der Waals surface area contributed by atoms with Gasteiger partial charge < -0.3 is 0 Å². The molecule has 1 saturated carbocycles. The molecule has 1 aliphatic carbocycles. The molecule has 3 nitrogen and oxygen atoms in total. The van der Waals surface area contributed by atoms with Gasteiger partial charge >= 0.3 is 0 Å². The summed E-state index contributed by atoms with van der Waals surface area (Å²) in [6.07, 6.45) is 4.29. The van der Waals surface area contributed by atoms with E-state index in [1.165, 1.54) is 12.0 Å². The van der Waals surface area contributed by atoms with Crippen molar-refractivity contribution in [2.75, 3.05) is 6.54 Å². The van der Waals surface area contributed by atoms with E-state index in [0.717, 1.165) is 25.8 Å². The monoisotopic (exact) mass is 293 g/mol. The molecule has 0 radical (unpaired) electrons. The average molecular weight is 293 g/mol. The second-order valence-corrected chi connectivity index (χ2v) is 8.54.